The summed E-state index contributed by atoms with van der Waals surface area (Å²) in [6, 6.07) is 4.06. The summed E-state index contributed by atoms with van der Waals surface area (Å²) in [4.78, 5) is 4.43. The van der Waals surface area contributed by atoms with E-state index in [4.69, 9.17) is 0 Å². The maximum Gasteiger partial charge on any atom is 0.0573 e. The molecule has 0 spiro atoms. The number of hydrogen-bond acceptors (Lipinski definition) is 1. The number of rotatable bonds is 1. The topological polar surface area (TPSA) is 12.9 Å². The molecule has 0 saturated heterocycles. The van der Waals surface area contributed by atoms with Gasteiger partial charge in [0, 0.05) is 10.2 Å². The van der Waals surface area contributed by atoms with Crippen LogP contribution in [0.2, 0.25) is 0 Å². The van der Waals surface area contributed by atoms with Gasteiger partial charge in [-0.05, 0) is 40.9 Å². The lowest BCUT2D eigenvalue weighted by atomic mass is 10.1. The van der Waals surface area contributed by atoms with Crippen molar-refractivity contribution in [1.29, 1.82) is 0 Å². The molecule has 0 unspecified atom stereocenters. The van der Waals surface area contributed by atoms with E-state index < -0.39 is 0 Å². The molecule has 1 aromatic rings. The van der Waals surface area contributed by atoms with Gasteiger partial charge in [0.05, 0.1) is 5.69 Å². The zero-order valence-electron chi connectivity index (χ0n) is 7.06. The van der Waals surface area contributed by atoms with E-state index in [0.29, 0.717) is 5.92 Å². The Kier molecular flexibility index (Phi) is 2.66. The number of nitrogens with zero attached hydrogens (tertiary/aromatic N) is 1. The second-order valence-corrected chi connectivity index (χ2v) is 3.83. The molecule has 0 aromatic carbocycles. The van der Waals surface area contributed by atoms with Crippen LogP contribution < -0.4 is 0 Å². The van der Waals surface area contributed by atoms with Crippen LogP contribution in [0.1, 0.15) is 31.2 Å². The van der Waals surface area contributed by atoms with Crippen molar-refractivity contribution in [1.82, 2.24) is 4.98 Å². The number of aromatic nitrogens is 1. The van der Waals surface area contributed by atoms with Crippen molar-refractivity contribution >= 4 is 15.9 Å². The lowest BCUT2D eigenvalue weighted by molar-refractivity contribution is 0.808. The van der Waals surface area contributed by atoms with Gasteiger partial charge in [-0.1, -0.05) is 13.8 Å². The van der Waals surface area contributed by atoms with Crippen LogP contribution in [0.5, 0.6) is 0 Å². The van der Waals surface area contributed by atoms with E-state index in [9.17, 15) is 0 Å². The first-order chi connectivity index (χ1) is 5.11. The minimum absolute atomic E-state index is 0.490. The van der Waals surface area contributed by atoms with Gasteiger partial charge in [0.25, 0.3) is 0 Å². The predicted octanol–water partition coefficient (Wildman–Crippen LogP) is 3.28. The summed E-state index contributed by atoms with van der Waals surface area (Å²) in [7, 11) is 0. The van der Waals surface area contributed by atoms with Crippen LogP contribution in [0, 0.1) is 6.92 Å². The lowest BCUT2D eigenvalue weighted by Crippen LogP contribution is -1.95. The van der Waals surface area contributed by atoms with Crippen molar-refractivity contribution in [3.63, 3.8) is 0 Å². The van der Waals surface area contributed by atoms with Gasteiger partial charge >= 0.3 is 0 Å². The molecule has 0 fully saturated rings. The van der Waals surface area contributed by atoms with Gasteiger partial charge in [-0.15, -0.1) is 0 Å². The number of aryl methyl sites for hydroxylation is 1. The normalized spacial score (nSPS) is 10.6. The summed E-state index contributed by atoms with van der Waals surface area (Å²) in [5.41, 5.74) is 2.22. The van der Waals surface area contributed by atoms with E-state index in [1.807, 2.05) is 13.0 Å². The van der Waals surface area contributed by atoms with Gasteiger partial charge in [0.15, 0.2) is 0 Å². The van der Waals surface area contributed by atoms with Gasteiger partial charge in [-0.2, -0.15) is 0 Å². The van der Waals surface area contributed by atoms with Crippen molar-refractivity contribution < 1.29 is 0 Å². The Morgan fingerprint density at radius 3 is 2.45 bits per heavy atom. The third-order valence-corrected chi connectivity index (χ3v) is 2.23. The maximum atomic E-state index is 4.43. The smallest absolute Gasteiger partial charge is 0.0573 e. The van der Waals surface area contributed by atoms with Crippen LogP contribution in [0.15, 0.2) is 16.6 Å². The van der Waals surface area contributed by atoms with E-state index in [-0.39, 0.29) is 0 Å². The molecule has 1 rings (SSSR count). The second kappa shape index (κ2) is 3.35. The Morgan fingerprint density at radius 2 is 2.00 bits per heavy atom. The predicted molar refractivity (Wildman–Crippen MR) is 50.8 cm³/mol. The fourth-order valence-corrected chi connectivity index (χ4v) is 1.64. The molecule has 0 aliphatic rings. The third kappa shape index (κ3) is 2.03. The van der Waals surface area contributed by atoms with Gasteiger partial charge in [0.2, 0.25) is 0 Å². The molecular formula is C9H12BrN. The third-order valence-electron chi connectivity index (χ3n) is 1.56. The van der Waals surface area contributed by atoms with E-state index in [0.717, 1.165) is 15.9 Å². The molecule has 0 atom stereocenters. The molecule has 0 amide bonds. The molecule has 0 aliphatic heterocycles. The Hall–Kier alpha value is -0.370. The first kappa shape index (κ1) is 8.72. The largest absolute Gasteiger partial charge is 0.257 e. The standard InChI is InChI=1S/C9H12BrN/c1-6(2)9-8(10)5-4-7(3)11-9/h4-6H,1-3H3. The van der Waals surface area contributed by atoms with Gasteiger partial charge in [-0.3, -0.25) is 4.98 Å². The SMILES string of the molecule is Cc1ccc(Br)c(C(C)C)n1. The van der Waals surface area contributed by atoms with E-state index in [1.165, 1.54) is 0 Å². The highest BCUT2D eigenvalue weighted by Crippen LogP contribution is 2.22. The maximum absolute atomic E-state index is 4.43. The minimum atomic E-state index is 0.490. The molecule has 0 saturated carbocycles. The number of pyridine rings is 1. The molecule has 0 bridgehead atoms. The van der Waals surface area contributed by atoms with Crippen LogP contribution in [0.3, 0.4) is 0 Å². The molecule has 2 heteroatoms. The van der Waals surface area contributed by atoms with Crippen LogP contribution in [0.25, 0.3) is 0 Å². The van der Waals surface area contributed by atoms with Gasteiger partial charge in [0.1, 0.15) is 0 Å². The molecular weight excluding hydrogens is 202 g/mol. The molecule has 1 nitrogen and oxygen atoms in total. The lowest BCUT2D eigenvalue weighted by Gasteiger charge is -2.07. The van der Waals surface area contributed by atoms with E-state index in [2.05, 4.69) is 40.8 Å². The van der Waals surface area contributed by atoms with Crippen LogP contribution in [0.4, 0.5) is 0 Å². The van der Waals surface area contributed by atoms with Crippen molar-refractivity contribution in [2.75, 3.05) is 0 Å². The summed E-state index contributed by atoms with van der Waals surface area (Å²) in [6.45, 7) is 6.30. The molecule has 1 heterocycles. The first-order valence-electron chi connectivity index (χ1n) is 3.74. The summed E-state index contributed by atoms with van der Waals surface area (Å²) in [5, 5.41) is 0. The quantitative estimate of drug-likeness (QED) is 0.699. The molecule has 0 N–H and O–H groups in total. The zero-order valence-corrected chi connectivity index (χ0v) is 8.64. The molecule has 0 aliphatic carbocycles. The van der Waals surface area contributed by atoms with Crippen molar-refractivity contribution in [2.24, 2.45) is 0 Å². The summed E-state index contributed by atoms with van der Waals surface area (Å²) < 4.78 is 1.11. The monoisotopic (exact) mass is 213 g/mol. The van der Waals surface area contributed by atoms with E-state index >= 15 is 0 Å². The van der Waals surface area contributed by atoms with E-state index in [1.54, 1.807) is 0 Å². The van der Waals surface area contributed by atoms with Crippen LogP contribution in [-0.2, 0) is 0 Å². The fourth-order valence-electron chi connectivity index (χ4n) is 0.965. The second-order valence-electron chi connectivity index (χ2n) is 2.97. The first-order valence-corrected chi connectivity index (χ1v) is 4.53. The molecule has 1 aromatic heterocycles. The Morgan fingerprint density at radius 1 is 1.36 bits per heavy atom. The highest BCUT2D eigenvalue weighted by Gasteiger charge is 2.05. The highest BCUT2D eigenvalue weighted by atomic mass is 79.9. The molecule has 0 radical (unpaired) electrons. The van der Waals surface area contributed by atoms with Crippen molar-refractivity contribution in [3.05, 3.63) is 28.0 Å². The van der Waals surface area contributed by atoms with Crippen LogP contribution in [-0.4, -0.2) is 4.98 Å². The van der Waals surface area contributed by atoms with Gasteiger partial charge < -0.3 is 0 Å². The Balaban J connectivity index is 3.13. The average Bonchev–Trinajstić information content (AvgIpc) is 1.94. The molecule has 11 heavy (non-hydrogen) atoms. The average molecular weight is 214 g/mol. The summed E-state index contributed by atoms with van der Waals surface area (Å²) in [6.07, 6.45) is 0. The van der Waals surface area contributed by atoms with Gasteiger partial charge in [-0.25, -0.2) is 0 Å². The van der Waals surface area contributed by atoms with Crippen molar-refractivity contribution in [2.45, 2.75) is 26.7 Å². The fraction of sp³-hybridized carbons (Fsp3) is 0.444. The number of halogens is 1. The summed E-state index contributed by atoms with van der Waals surface area (Å²) in [5.74, 6) is 0.490. The minimum Gasteiger partial charge on any atom is -0.257 e. The molecule has 60 valence electrons. The Labute approximate surface area is 76.0 Å². The number of hydrogen-bond donors (Lipinski definition) is 0. The van der Waals surface area contributed by atoms with Crippen molar-refractivity contribution in [3.8, 4) is 0 Å². The zero-order chi connectivity index (χ0) is 8.43. The summed E-state index contributed by atoms with van der Waals surface area (Å²) >= 11 is 3.47. The van der Waals surface area contributed by atoms with Crippen LogP contribution >= 0.6 is 15.9 Å². The Bertz CT molecular complexity index is 256. The highest BCUT2D eigenvalue weighted by molar-refractivity contribution is 9.10.